The highest BCUT2D eigenvalue weighted by Crippen LogP contribution is 2.25. The average Bonchev–Trinajstić information content (AvgIpc) is 2.13. The number of hydrogen-bond acceptors (Lipinski definition) is 4. The van der Waals surface area contributed by atoms with Gasteiger partial charge in [-0.1, -0.05) is 20.8 Å². The summed E-state index contributed by atoms with van der Waals surface area (Å²) in [7, 11) is 0. The molecule has 0 aliphatic heterocycles. The van der Waals surface area contributed by atoms with E-state index < -0.39 is 0 Å². The number of rotatable bonds is 3. The maximum absolute atomic E-state index is 5.57. The van der Waals surface area contributed by atoms with Crippen LogP contribution in [0.15, 0.2) is 6.07 Å². The maximum atomic E-state index is 5.57. The minimum atomic E-state index is 0.246. The smallest absolute Gasteiger partial charge is 0.138 e. The first-order valence-electron chi connectivity index (χ1n) is 5.08. The van der Waals surface area contributed by atoms with Gasteiger partial charge in [0.1, 0.15) is 5.82 Å². The zero-order chi connectivity index (χ0) is 11.5. The Balaban J connectivity index is 2.73. The molecule has 0 amide bonds. The summed E-state index contributed by atoms with van der Waals surface area (Å²) in [6.07, 6.45) is 0. The van der Waals surface area contributed by atoms with Gasteiger partial charge in [0.15, 0.2) is 0 Å². The number of aryl methyl sites for hydroxylation is 1. The molecule has 0 saturated heterocycles. The van der Waals surface area contributed by atoms with E-state index in [1.165, 1.54) is 0 Å². The van der Waals surface area contributed by atoms with E-state index in [1.54, 1.807) is 0 Å². The number of aromatic nitrogens is 2. The molecule has 0 bridgehead atoms. The third-order valence-corrected chi connectivity index (χ3v) is 3.07. The zero-order valence-electron chi connectivity index (χ0n) is 9.87. The Hall–Kier alpha value is -0.610. The van der Waals surface area contributed by atoms with Crippen molar-refractivity contribution >= 4 is 11.8 Å². The van der Waals surface area contributed by atoms with Crippen LogP contribution >= 0.6 is 11.8 Å². The van der Waals surface area contributed by atoms with Crippen molar-refractivity contribution in [3.8, 4) is 0 Å². The van der Waals surface area contributed by atoms with Gasteiger partial charge >= 0.3 is 0 Å². The minimum Gasteiger partial charge on any atom is -0.325 e. The van der Waals surface area contributed by atoms with Crippen LogP contribution in [0.3, 0.4) is 0 Å². The van der Waals surface area contributed by atoms with Crippen molar-refractivity contribution in [1.82, 2.24) is 9.97 Å². The van der Waals surface area contributed by atoms with E-state index in [9.17, 15) is 0 Å². The van der Waals surface area contributed by atoms with Crippen molar-refractivity contribution in [1.29, 1.82) is 0 Å². The first kappa shape index (κ1) is 12.5. The van der Waals surface area contributed by atoms with Crippen molar-refractivity contribution in [2.75, 3.05) is 0 Å². The average molecular weight is 225 g/mol. The van der Waals surface area contributed by atoms with Crippen molar-refractivity contribution in [3.63, 3.8) is 0 Å². The molecule has 0 aliphatic rings. The highest BCUT2D eigenvalue weighted by molar-refractivity contribution is 7.99. The molecule has 0 fully saturated rings. The lowest BCUT2D eigenvalue weighted by atomic mass is 10.3. The molecule has 84 valence electrons. The Bertz CT molecular complexity index is 331. The number of nitrogens with zero attached hydrogens (tertiary/aromatic N) is 2. The minimum absolute atomic E-state index is 0.246. The molecule has 0 atom stereocenters. The fourth-order valence-electron chi connectivity index (χ4n) is 1.15. The van der Waals surface area contributed by atoms with Crippen LogP contribution in [0, 0.1) is 6.92 Å². The van der Waals surface area contributed by atoms with Gasteiger partial charge in [0, 0.05) is 17.0 Å². The van der Waals surface area contributed by atoms with E-state index in [0.717, 1.165) is 23.0 Å². The van der Waals surface area contributed by atoms with E-state index in [1.807, 2.05) is 24.8 Å². The van der Waals surface area contributed by atoms with E-state index in [-0.39, 0.29) is 4.75 Å². The monoisotopic (exact) mass is 225 g/mol. The highest BCUT2D eigenvalue weighted by atomic mass is 32.2. The van der Waals surface area contributed by atoms with Crippen LogP contribution in [0.4, 0.5) is 0 Å². The van der Waals surface area contributed by atoms with Gasteiger partial charge in [-0.05, 0) is 13.0 Å². The lowest BCUT2D eigenvalue weighted by molar-refractivity contribution is 0.798. The summed E-state index contributed by atoms with van der Waals surface area (Å²) < 4.78 is 0.246. The second-order valence-electron chi connectivity index (χ2n) is 4.52. The molecule has 4 heteroatoms. The Morgan fingerprint density at radius 3 is 2.53 bits per heavy atom. The Morgan fingerprint density at radius 1 is 1.33 bits per heavy atom. The molecular formula is C11H19N3S. The Kier molecular flexibility index (Phi) is 4.11. The summed E-state index contributed by atoms with van der Waals surface area (Å²) in [4.78, 5) is 8.80. The SMILES string of the molecule is Cc1cc(CN)nc(CSC(C)(C)C)n1. The summed E-state index contributed by atoms with van der Waals surface area (Å²) >= 11 is 1.85. The van der Waals surface area contributed by atoms with Crippen molar-refractivity contribution in [3.05, 3.63) is 23.3 Å². The van der Waals surface area contributed by atoms with Gasteiger partial charge in [-0.15, -0.1) is 11.8 Å². The van der Waals surface area contributed by atoms with E-state index >= 15 is 0 Å². The predicted octanol–water partition coefficient (Wildman–Crippen LogP) is 2.28. The molecule has 1 aromatic heterocycles. The van der Waals surface area contributed by atoms with Crippen LogP contribution in [0.2, 0.25) is 0 Å². The predicted molar refractivity (Wildman–Crippen MR) is 65.7 cm³/mol. The number of nitrogens with two attached hydrogens (primary N) is 1. The van der Waals surface area contributed by atoms with Gasteiger partial charge in [-0.3, -0.25) is 0 Å². The van der Waals surface area contributed by atoms with E-state index in [2.05, 4.69) is 30.7 Å². The topological polar surface area (TPSA) is 51.8 Å². The second kappa shape index (κ2) is 4.94. The summed E-state index contributed by atoms with van der Waals surface area (Å²) in [6.45, 7) is 9.04. The standard InChI is InChI=1S/C11H19N3S/c1-8-5-9(6-12)14-10(13-8)7-15-11(2,3)4/h5H,6-7,12H2,1-4H3. The van der Waals surface area contributed by atoms with Gasteiger partial charge in [0.2, 0.25) is 0 Å². The molecule has 0 saturated carbocycles. The van der Waals surface area contributed by atoms with Gasteiger partial charge in [-0.2, -0.15) is 0 Å². The molecule has 1 heterocycles. The quantitative estimate of drug-likeness (QED) is 0.857. The maximum Gasteiger partial charge on any atom is 0.138 e. The highest BCUT2D eigenvalue weighted by Gasteiger charge is 2.12. The lowest BCUT2D eigenvalue weighted by Crippen LogP contribution is -2.10. The van der Waals surface area contributed by atoms with Crippen molar-refractivity contribution in [2.24, 2.45) is 5.73 Å². The third-order valence-electron chi connectivity index (χ3n) is 1.80. The van der Waals surface area contributed by atoms with E-state index in [4.69, 9.17) is 5.73 Å². The molecule has 0 aliphatic carbocycles. The Morgan fingerprint density at radius 2 is 2.00 bits per heavy atom. The summed E-state index contributed by atoms with van der Waals surface area (Å²) in [5.41, 5.74) is 7.49. The molecule has 0 unspecified atom stereocenters. The van der Waals surface area contributed by atoms with E-state index in [0.29, 0.717) is 6.54 Å². The summed E-state index contributed by atoms with van der Waals surface area (Å²) in [5.74, 6) is 1.73. The lowest BCUT2D eigenvalue weighted by Gasteiger charge is -2.16. The molecule has 3 nitrogen and oxygen atoms in total. The second-order valence-corrected chi connectivity index (χ2v) is 6.32. The molecule has 0 aromatic carbocycles. The van der Waals surface area contributed by atoms with Crippen LogP contribution in [-0.2, 0) is 12.3 Å². The zero-order valence-corrected chi connectivity index (χ0v) is 10.7. The fraction of sp³-hybridized carbons (Fsp3) is 0.636. The van der Waals surface area contributed by atoms with Crippen molar-refractivity contribution in [2.45, 2.75) is 44.7 Å². The largest absolute Gasteiger partial charge is 0.325 e. The molecule has 1 rings (SSSR count). The normalized spacial score (nSPS) is 11.8. The van der Waals surface area contributed by atoms with Gasteiger partial charge in [0.05, 0.1) is 11.4 Å². The third kappa shape index (κ3) is 4.62. The Labute approximate surface area is 95.9 Å². The molecular weight excluding hydrogens is 206 g/mol. The van der Waals surface area contributed by atoms with Gasteiger partial charge in [-0.25, -0.2) is 9.97 Å². The van der Waals surface area contributed by atoms with Crippen molar-refractivity contribution < 1.29 is 0 Å². The first-order valence-corrected chi connectivity index (χ1v) is 6.07. The summed E-state index contributed by atoms with van der Waals surface area (Å²) in [6, 6.07) is 1.94. The van der Waals surface area contributed by atoms with Crippen LogP contribution < -0.4 is 5.73 Å². The van der Waals surface area contributed by atoms with Gasteiger partial charge in [0.25, 0.3) is 0 Å². The molecule has 2 N–H and O–H groups in total. The number of thioether (sulfide) groups is 1. The summed E-state index contributed by atoms with van der Waals surface area (Å²) in [5, 5.41) is 0. The first-order chi connectivity index (χ1) is 6.90. The molecule has 0 radical (unpaired) electrons. The fourth-order valence-corrected chi connectivity index (χ4v) is 1.84. The molecule has 1 aromatic rings. The van der Waals surface area contributed by atoms with Crippen LogP contribution in [0.1, 0.15) is 38.0 Å². The van der Waals surface area contributed by atoms with Crippen LogP contribution in [0.5, 0.6) is 0 Å². The number of hydrogen-bond donors (Lipinski definition) is 1. The van der Waals surface area contributed by atoms with Crippen LogP contribution in [-0.4, -0.2) is 14.7 Å². The molecule has 15 heavy (non-hydrogen) atoms. The molecule has 0 spiro atoms. The van der Waals surface area contributed by atoms with Crippen LogP contribution in [0.25, 0.3) is 0 Å². The van der Waals surface area contributed by atoms with Gasteiger partial charge < -0.3 is 5.73 Å².